The molecule has 5 heterocycles. The van der Waals surface area contributed by atoms with Crippen molar-refractivity contribution in [3.8, 4) is 44.5 Å². The Morgan fingerprint density at radius 2 is 0.882 bits per heavy atom. The summed E-state index contributed by atoms with van der Waals surface area (Å²) in [5, 5.41) is 0. The summed E-state index contributed by atoms with van der Waals surface area (Å²) in [4.78, 5) is 32.4. The second-order valence-corrected chi connectivity index (χ2v) is 13.0. The molecule has 10 rings (SSSR count). The highest BCUT2D eigenvalue weighted by Crippen LogP contribution is 2.41. The molecule has 2 aliphatic heterocycles. The van der Waals surface area contributed by atoms with Crippen LogP contribution in [0, 0.1) is 0 Å². The van der Waals surface area contributed by atoms with Crippen LogP contribution in [0.3, 0.4) is 0 Å². The Labute approximate surface area is 294 Å². The normalized spacial score (nSPS) is 12.9. The van der Waals surface area contributed by atoms with Crippen LogP contribution in [0.15, 0.2) is 133 Å². The van der Waals surface area contributed by atoms with Crippen LogP contribution >= 0.6 is 0 Å². The van der Waals surface area contributed by atoms with Crippen LogP contribution in [0.4, 0.5) is 0 Å². The summed E-state index contributed by atoms with van der Waals surface area (Å²) in [7, 11) is 0. The molecule has 8 bridgehead atoms. The molecule has 0 atom stereocenters. The first-order valence-corrected chi connectivity index (χ1v) is 17.2. The molecule has 0 fully saturated rings. The van der Waals surface area contributed by atoms with E-state index in [9.17, 15) is 4.79 Å². The Morgan fingerprint density at radius 3 is 1.41 bits per heavy atom. The second-order valence-electron chi connectivity index (χ2n) is 13.0. The molecule has 0 radical (unpaired) electrons. The molecular weight excluding hydrogens is 625 g/mol. The number of hydrogen-bond acceptors (Lipinski definition) is 3. The average molecular weight is 655 g/mol. The van der Waals surface area contributed by atoms with Gasteiger partial charge in [-0.15, -0.1) is 0 Å². The standard InChI is InChI=1S/C46H30N4O/c51-41-26-31-18-10-11-19-32(31)45-39-25-24-37(49-39)43(29-14-6-2-7-15-29)35-21-20-34(47-35)42(28-12-4-1-5-13-28)36-22-23-38(48-36)44(30-16-8-3-9-17-30)40-27-33(41)46(45)50-40/h1-25,27,47,50H,26H2. The minimum Gasteiger partial charge on any atom is -0.354 e. The SMILES string of the molecule is O=C1Cc2ccccc2-c2c3nc(c(-c4ccccc4)c4ccc([nH]4)c(-c4ccccc4)c4nc(c(-c5ccccc5)c5cc1c2[nH]5)C=C4)C=C3. The third-order valence-corrected chi connectivity index (χ3v) is 9.99. The van der Waals surface area contributed by atoms with Gasteiger partial charge in [0.1, 0.15) is 0 Å². The van der Waals surface area contributed by atoms with Crippen LogP contribution in [-0.2, 0) is 6.42 Å². The van der Waals surface area contributed by atoms with Crippen LogP contribution in [0.2, 0.25) is 0 Å². The van der Waals surface area contributed by atoms with E-state index in [-0.39, 0.29) is 5.78 Å². The van der Waals surface area contributed by atoms with Crippen molar-refractivity contribution in [2.45, 2.75) is 6.42 Å². The smallest absolute Gasteiger partial charge is 0.169 e. The molecular formula is C46H30N4O. The molecule has 0 unspecified atom stereocenters. The molecule has 0 saturated carbocycles. The Morgan fingerprint density at radius 1 is 0.431 bits per heavy atom. The van der Waals surface area contributed by atoms with Gasteiger partial charge in [0, 0.05) is 50.8 Å². The molecule has 1 aliphatic carbocycles. The third-order valence-electron chi connectivity index (χ3n) is 9.99. The second kappa shape index (κ2) is 11.6. The van der Waals surface area contributed by atoms with Crippen LogP contribution in [-0.4, -0.2) is 25.7 Å². The van der Waals surface area contributed by atoms with Crippen LogP contribution in [0.1, 0.15) is 38.7 Å². The summed E-state index contributed by atoms with van der Waals surface area (Å²) < 4.78 is 0. The fraction of sp³-hybridized carbons (Fsp3) is 0.0217. The van der Waals surface area contributed by atoms with Crippen molar-refractivity contribution in [3.63, 3.8) is 0 Å². The van der Waals surface area contributed by atoms with Crippen molar-refractivity contribution in [1.29, 1.82) is 0 Å². The van der Waals surface area contributed by atoms with E-state index in [1.165, 1.54) is 0 Å². The van der Waals surface area contributed by atoms with E-state index in [4.69, 9.17) is 9.97 Å². The third kappa shape index (κ3) is 4.82. The summed E-state index contributed by atoms with van der Waals surface area (Å²) in [6.45, 7) is 0. The number of carbonyl (C=O) groups is 1. The number of nitrogens with one attached hydrogen (secondary N) is 2. The first kappa shape index (κ1) is 29.1. The van der Waals surface area contributed by atoms with Crippen molar-refractivity contribution in [2.75, 3.05) is 0 Å². The lowest BCUT2D eigenvalue weighted by Gasteiger charge is -2.08. The average Bonchev–Trinajstić information content (AvgIpc) is 4.00. The number of H-pyrrole nitrogens is 2. The summed E-state index contributed by atoms with van der Waals surface area (Å²) >= 11 is 0. The lowest BCUT2D eigenvalue weighted by molar-refractivity contribution is 0.0995. The Hall–Kier alpha value is -6.85. The van der Waals surface area contributed by atoms with Gasteiger partial charge in [-0.2, -0.15) is 0 Å². The number of nitrogens with zero attached hydrogens (tertiary/aromatic N) is 2. The first-order chi connectivity index (χ1) is 25.2. The predicted molar refractivity (Wildman–Crippen MR) is 209 cm³/mol. The quantitative estimate of drug-likeness (QED) is 0.199. The summed E-state index contributed by atoms with van der Waals surface area (Å²) in [6, 6.07) is 45.6. The van der Waals surface area contributed by atoms with Crippen LogP contribution < -0.4 is 0 Å². The van der Waals surface area contributed by atoms with Crippen molar-refractivity contribution >= 4 is 52.2 Å². The summed E-state index contributed by atoms with van der Waals surface area (Å²) in [5.41, 5.74) is 16.4. The Kier molecular flexibility index (Phi) is 6.64. The molecule has 0 saturated heterocycles. The van der Waals surface area contributed by atoms with Gasteiger partial charge in [0.15, 0.2) is 5.78 Å². The maximum absolute atomic E-state index is 14.1. The van der Waals surface area contributed by atoms with Gasteiger partial charge in [0.25, 0.3) is 0 Å². The lowest BCUT2D eigenvalue weighted by atomic mass is 9.98. The van der Waals surface area contributed by atoms with E-state index in [1.807, 2.05) is 48.5 Å². The monoisotopic (exact) mass is 654 g/mol. The molecule has 3 aromatic heterocycles. The van der Waals surface area contributed by atoms with Gasteiger partial charge in [-0.3, -0.25) is 4.79 Å². The van der Waals surface area contributed by atoms with E-state index in [0.29, 0.717) is 12.0 Å². The molecule has 0 amide bonds. The number of hydrogen-bond donors (Lipinski definition) is 2. The van der Waals surface area contributed by atoms with Gasteiger partial charge in [-0.05, 0) is 70.3 Å². The topological polar surface area (TPSA) is 74.4 Å². The molecule has 51 heavy (non-hydrogen) atoms. The molecule has 7 aromatic rings. The number of rotatable bonds is 3. The minimum absolute atomic E-state index is 0.0676. The van der Waals surface area contributed by atoms with Gasteiger partial charge in [-0.1, -0.05) is 115 Å². The first-order valence-electron chi connectivity index (χ1n) is 17.2. The van der Waals surface area contributed by atoms with Crippen LogP contribution in [0.25, 0.3) is 90.9 Å². The molecule has 2 N–H and O–H groups in total. The predicted octanol–water partition coefficient (Wildman–Crippen LogP) is 11.1. The zero-order valence-electron chi connectivity index (χ0n) is 27.5. The maximum atomic E-state index is 14.1. The highest BCUT2D eigenvalue weighted by atomic mass is 16.1. The number of fused-ring (bicyclic) bond motifs is 10. The van der Waals surface area contributed by atoms with Gasteiger partial charge in [-0.25, -0.2) is 9.97 Å². The number of benzene rings is 4. The lowest BCUT2D eigenvalue weighted by Crippen LogP contribution is -2.01. The molecule has 5 heteroatoms. The van der Waals surface area contributed by atoms with Gasteiger partial charge < -0.3 is 9.97 Å². The minimum atomic E-state index is 0.0676. The van der Waals surface area contributed by atoms with Crippen molar-refractivity contribution in [1.82, 2.24) is 19.9 Å². The highest BCUT2D eigenvalue weighted by molar-refractivity contribution is 6.13. The zero-order chi connectivity index (χ0) is 33.9. The molecule has 5 nitrogen and oxygen atoms in total. The van der Waals surface area contributed by atoms with Crippen LogP contribution in [0.5, 0.6) is 0 Å². The van der Waals surface area contributed by atoms with E-state index >= 15 is 0 Å². The van der Waals surface area contributed by atoms with Gasteiger partial charge in [0.2, 0.25) is 0 Å². The van der Waals surface area contributed by atoms with E-state index in [1.54, 1.807) is 0 Å². The number of ketones is 1. The summed E-state index contributed by atoms with van der Waals surface area (Å²) in [6.07, 6.45) is 8.66. The van der Waals surface area contributed by atoms with E-state index in [2.05, 4.69) is 119 Å². The molecule has 4 aromatic carbocycles. The van der Waals surface area contributed by atoms with Crippen molar-refractivity contribution in [3.05, 3.63) is 167 Å². The van der Waals surface area contributed by atoms with Crippen molar-refractivity contribution < 1.29 is 4.79 Å². The fourth-order valence-corrected chi connectivity index (χ4v) is 7.70. The Bertz CT molecular complexity index is 2770. The van der Waals surface area contributed by atoms with Gasteiger partial charge in [0.05, 0.1) is 28.3 Å². The number of carbonyl (C=O) groups excluding carboxylic acids is 1. The van der Waals surface area contributed by atoms with Crippen molar-refractivity contribution in [2.24, 2.45) is 0 Å². The fourth-order valence-electron chi connectivity index (χ4n) is 7.70. The van der Waals surface area contributed by atoms with E-state index in [0.717, 1.165) is 94.9 Å². The van der Waals surface area contributed by atoms with E-state index < -0.39 is 0 Å². The number of Topliss-reactive ketones (excluding diaryl/α,β-unsaturated/α-hetero) is 1. The Balaban J connectivity index is 1.44. The zero-order valence-corrected chi connectivity index (χ0v) is 27.5. The highest BCUT2D eigenvalue weighted by Gasteiger charge is 2.26. The summed E-state index contributed by atoms with van der Waals surface area (Å²) in [5.74, 6) is 0.0676. The largest absolute Gasteiger partial charge is 0.354 e. The molecule has 0 spiro atoms. The number of aromatic amines is 2. The molecule has 240 valence electrons. The van der Waals surface area contributed by atoms with Gasteiger partial charge >= 0.3 is 0 Å². The molecule has 3 aliphatic rings. The maximum Gasteiger partial charge on any atom is 0.169 e. The number of aromatic nitrogens is 4.